The standard InChI is InChI=1S/C16H22N6O.ClH/c1-11-19-20-21-22(11)15(9-12-5-3-2-4-6-12)16(23)18-14(10-17)13-7-8-13;/h2-6,13-15H,7-10,17H2,1H3,(H,18,23);1H. The fourth-order valence-electron chi connectivity index (χ4n) is 2.80. The Morgan fingerprint density at radius 3 is 2.62 bits per heavy atom. The third-order valence-electron chi connectivity index (χ3n) is 4.30. The molecule has 24 heavy (non-hydrogen) atoms. The number of carbonyl (C=O) groups excluding carboxylic acids is 1. The van der Waals surface area contributed by atoms with Crippen molar-refractivity contribution in [3.05, 3.63) is 41.7 Å². The summed E-state index contributed by atoms with van der Waals surface area (Å²) in [6.07, 6.45) is 2.81. The lowest BCUT2D eigenvalue weighted by atomic mass is 10.0. The molecule has 130 valence electrons. The van der Waals surface area contributed by atoms with Crippen molar-refractivity contribution in [1.82, 2.24) is 25.5 Å². The third-order valence-corrected chi connectivity index (χ3v) is 4.30. The first-order valence-corrected chi connectivity index (χ1v) is 7.98. The lowest BCUT2D eigenvalue weighted by Gasteiger charge is -2.22. The highest BCUT2D eigenvalue weighted by molar-refractivity contribution is 5.85. The van der Waals surface area contributed by atoms with Crippen LogP contribution in [0.5, 0.6) is 0 Å². The number of nitrogens with zero attached hydrogens (tertiary/aromatic N) is 4. The van der Waals surface area contributed by atoms with Crippen LogP contribution in [-0.2, 0) is 11.2 Å². The molecule has 1 amide bonds. The zero-order chi connectivity index (χ0) is 16.2. The van der Waals surface area contributed by atoms with Crippen molar-refractivity contribution in [1.29, 1.82) is 0 Å². The van der Waals surface area contributed by atoms with Gasteiger partial charge in [0, 0.05) is 19.0 Å². The van der Waals surface area contributed by atoms with E-state index < -0.39 is 6.04 Å². The highest BCUT2D eigenvalue weighted by atomic mass is 35.5. The van der Waals surface area contributed by atoms with Gasteiger partial charge in [0.05, 0.1) is 0 Å². The van der Waals surface area contributed by atoms with Crippen molar-refractivity contribution < 1.29 is 4.79 Å². The number of nitrogens with two attached hydrogens (primary N) is 1. The molecular weight excluding hydrogens is 328 g/mol. The van der Waals surface area contributed by atoms with E-state index >= 15 is 0 Å². The highest BCUT2D eigenvalue weighted by Gasteiger charge is 2.33. The summed E-state index contributed by atoms with van der Waals surface area (Å²) in [5.74, 6) is 1.06. The predicted octanol–water partition coefficient (Wildman–Crippen LogP) is 1.04. The number of hydrogen-bond acceptors (Lipinski definition) is 5. The molecule has 8 heteroatoms. The second-order valence-electron chi connectivity index (χ2n) is 6.06. The molecule has 1 fully saturated rings. The molecule has 2 aromatic rings. The number of halogens is 1. The van der Waals surface area contributed by atoms with Crippen LogP contribution in [0.2, 0.25) is 0 Å². The molecule has 0 bridgehead atoms. The largest absolute Gasteiger partial charge is 0.350 e. The van der Waals surface area contributed by atoms with Gasteiger partial charge in [-0.25, -0.2) is 4.68 Å². The molecule has 1 aliphatic carbocycles. The summed E-state index contributed by atoms with van der Waals surface area (Å²) in [6, 6.07) is 9.45. The number of hydrogen-bond donors (Lipinski definition) is 2. The van der Waals surface area contributed by atoms with Crippen LogP contribution in [0, 0.1) is 12.8 Å². The number of aromatic nitrogens is 4. The quantitative estimate of drug-likeness (QED) is 0.777. The van der Waals surface area contributed by atoms with Crippen LogP contribution in [0.25, 0.3) is 0 Å². The molecule has 1 heterocycles. The van der Waals surface area contributed by atoms with E-state index in [0.717, 1.165) is 18.4 Å². The minimum atomic E-state index is -0.472. The topological polar surface area (TPSA) is 98.7 Å². The van der Waals surface area contributed by atoms with Crippen molar-refractivity contribution >= 4 is 18.3 Å². The van der Waals surface area contributed by atoms with Gasteiger partial charge in [-0.3, -0.25) is 4.79 Å². The second-order valence-corrected chi connectivity index (χ2v) is 6.06. The van der Waals surface area contributed by atoms with Crippen LogP contribution in [0.4, 0.5) is 0 Å². The first kappa shape index (κ1) is 18.4. The van der Waals surface area contributed by atoms with Gasteiger partial charge in [0.2, 0.25) is 5.91 Å². The summed E-state index contributed by atoms with van der Waals surface area (Å²) in [5, 5.41) is 14.7. The van der Waals surface area contributed by atoms with Crippen molar-refractivity contribution in [2.45, 2.75) is 38.3 Å². The van der Waals surface area contributed by atoms with Crippen molar-refractivity contribution in [2.75, 3.05) is 6.54 Å². The SMILES string of the molecule is Cc1nnnn1C(Cc1ccccc1)C(=O)NC(CN)C1CC1.Cl. The number of benzene rings is 1. The highest BCUT2D eigenvalue weighted by Crippen LogP contribution is 2.32. The monoisotopic (exact) mass is 350 g/mol. The molecule has 2 atom stereocenters. The Morgan fingerprint density at radius 1 is 1.38 bits per heavy atom. The van der Waals surface area contributed by atoms with Crippen molar-refractivity contribution in [3.8, 4) is 0 Å². The van der Waals surface area contributed by atoms with E-state index in [0.29, 0.717) is 24.7 Å². The second kappa shape index (κ2) is 8.21. The summed E-state index contributed by atoms with van der Waals surface area (Å²) in [5.41, 5.74) is 6.87. The number of rotatable bonds is 7. The third kappa shape index (κ3) is 4.30. The number of amides is 1. The molecular formula is C16H23ClN6O. The molecule has 0 saturated heterocycles. The van der Waals surface area contributed by atoms with Gasteiger partial charge in [-0.05, 0) is 41.7 Å². The van der Waals surface area contributed by atoms with E-state index in [-0.39, 0.29) is 24.4 Å². The summed E-state index contributed by atoms with van der Waals surface area (Å²) in [6.45, 7) is 2.26. The van der Waals surface area contributed by atoms with Crippen LogP contribution < -0.4 is 11.1 Å². The summed E-state index contributed by atoms with van der Waals surface area (Å²) < 4.78 is 1.59. The molecule has 3 rings (SSSR count). The summed E-state index contributed by atoms with van der Waals surface area (Å²) in [4.78, 5) is 12.8. The zero-order valence-corrected chi connectivity index (χ0v) is 14.4. The molecule has 0 aliphatic heterocycles. The minimum Gasteiger partial charge on any atom is -0.350 e. The van der Waals surface area contributed by atoms with Crippen molar-refractivity contribution in [2.24, 2.45) is 11.7 Å². The maximum Gasteiger partial charge on any atom is 0.245 e. The lowest BCUT2D eigenvalue weighted by Crippen LogP contribution is -2.45. The van der Waals surface area contributed by atoms with Gasteiger partial charge >= 0.3 is 0 Å². The smallest absolute Gasteiger partial charge is 0.245 e. The molecule has 2 unspecified atom stereocenters. The Bertz CT molecular complexity index is 658. The molecule has 0 radical (unpaired) electrons. The fourth-order valence-corrected chi connectivity index (χ4v) is 2.80. The van der Waals surface area contributed by atoms with Gasteiger partial charge in [0.15, 0.2) is 0 Å². The van der Waals surface area contributed by atoms with Gasteiger partial charge in [-0.2, -0.15) is 0 Å². The molecule has 0 spiro atoms. The van der Waals surface area contributed by atoms with E-state index in [2.05, 4.69) is 20.8 Å². The normalized spacial score (nSPS) is 16.1. The Kier molecular flexibility index (Phi) is 6.28. The van der Waals surface area contributed by atoms with Crippen LogP contribution in [0.15, 0.2) is 30.3 Å². The molecule has 1 aromatic carbocycles. The van der Waals surface area contributed by atoms with Crippen molar-refractivity contribution in [3.63, 3.8) is 0 Å². The number of nitrogens with one attached hydrogen (secondary N) is 1. The van der Waals surface area contributed by atoms with Crippen LogP contribution in [0.3, 0.4) is 0 Å². The zero-order valence-electron chi connectivity index (χ0n) is 13.6. The lowest BCUT2D eigenvalue weighted by molar-refractivity contribution is -0.125. The van der Waals surface area contributed by atoms with Gasteiger partial charge in [-0.1, -0.05) is 30.3 Å². The average Bonchev–Trinajstić information content (AvgIpc) is 3.33. The van der Waals surface area contributed by atoms with E-state index in [1.807, 2.05) is 30.3 Å². The average molecular weight is 351 g/mol. The van der Waals surface area contributed by atoms with Crippen LogP contribution >= 0.6 is 12.4 Å². The number of aryl methyl sites for hydroxylation is 1. The Balaban J connectivity index is 0.00000208. The molecule has 1 aliphatic rings. The Morgan fingerprint density at radius 2 is 2.08 bits per heavy atom. The van der Waals surface area contributed by atoms with Gasteiger partial charge in [0.25, 0.3) is 0 Å². The fraction of sp³-hybridized carbons (Fsp3) is 0.500. The number of tetrazole rings is 1. The maximum absolute atomic E-state index is 12.8. The maximum atomic E-state index is 12.8. The molecule has 1 aromatic heterocycles. The Labute approximate surface area is 147 Å². The first-order valence-electron chi connectivity index (χ1n) is 7.98. The first-order chi connectivity index (χ1) is 11.2. The molecule has 1 saturated carbocycles. The Hall–Kier alpha value is -1.99. The van der Waals surface area contributed by atoms with Crippen LogP contribution in [-0.4, -0.2) is 38.7 Å². The van der Waals surface area contributed by atoms with E-state index in [4.69, 9.17) is 5.73 Å². The van der Waals surface area contributed by atoms with E-state index in [9.17, 15) is 4.79 Å². The van der Waals surface area contributed by atoms with E-state index in [1.165, 1.54) is 0 Å². The van der Waals surface area contributed by atoms with Gasteiger partial charge in [0.1, 0.15) is 11.9 Å². The van der Waals surface area contributed by atoms with Gasteiger partial charge < -0.3 is 11.1 Å². The number of carbonyl (C=O) groups is 1. The van der Waals surface area contributed by atoms with Gasteiger partial charge in [-0.15, -0.1) is 17.5 Å². The predicted molar refractivity (Wildman–Crippen MR) is 92.7 cm³/mol. The van der Waals surface area contributed by atoms with E-state index in [1.54, 1.807) is 11.6 Å². The summed E-state index contributed by atoms with van der Waals surface area (Å²) in [7, 11) is 0. The molecule has 7 nitrogen and oxygen atoms in total. The van der Waals surface area contributed by atoms with Crippen LogP contribution in [0.1, 0.15) is 30.3 Å². The molecule has 3 N–H and O–H groups in total. The minimum absolute atomic E-state index is 0. The summed E-state index contributed by atoms with van der Waals surface area (Å²) >= 11 is 0.